The predicted molar refractivity (Wildman–Crippen MR) is 154 cm³/mol. The molecule has 2 unspecified atom stereocenters. The first-order valence-electron chi connectivity index (χ1n) is 14.2. The summed E-state index contributed by atoms with van der Waals surface area (Å²) in [6.07, 6.45) is 1.38. The Labute approximate surface area is 238 Å². The monoisotopic (exact) mass is 555 g/mol. The predicted octanol–water partition coefficient (Wildman–Crippen LogP) is 2.17. The van der Waals surface area contributed by atoms with Crippen LogP contribution in [0.2, 0.25) is 0 Å². The number of carbonyl (C=O) groups is 5. The first-order valence-corrected chi connectivity index (χ1v) is 14.2. The van der Waals surface area contributed by atoms with Gasteiger partial charge >= 0.3 is 0 Å². The van der Waals surface area contributed by atoms with Gasteiger partial charge in [0.1, 0.15) is 18.1 Å². The van der Waals surface area contributed by atoms with Crippen molar-refractivity contribution in [1.82, 2.24) is 20.0 Å². The van der Waals surface area contributed by atoms with Crippen LogP contribution in [-0.2, 0) is 19.2 Å². The van der Waals surface area contributed by atoms with Crippen molar-refractivity contribution in [2.24, 2.45) is 11.8 Å². The zero-order chi connectivity index (χ0) is 29.9. The molecule has 220 valence electrons. The largest absolute Gasteiger partial charge is 0.378 e. The summed E-state index contributed by atoms with van der Waals surface area (Å²) in [5.41, 5.74) is 1.41. The van der Waals surface area contributed by atoms with Crippen LogP contribution in [0.1, 0.15) is 64.2 Å². The van der Waals surface area contributed by atoms with Crippen LogP contribution in [0.25, 0.3) is 0 Å². The molecule has 1 N–H and O–H groups in total. The number of likely N-dealkylation sites (tertiary alicyclic amines) is 2. The minimum Gasteiger partial charge on any atom is -0.378 e. The Hall–Kier alpha value is -3.43. The van der Waals surface area contributed by atoms with E-state index in [1.807, 2.05) is 58.8 Å². The van der Waals surface area contributed by atoms with Gasteiger partial charge in [-0.3, -0.25) is 24.0 Å². The maximum Gasteiger partial charge on any atom is 0.251 e. The van der Waals surface area contributed by atoms with Crippen molar-refractivity contribution in [2.75, 3.05) is 39.1 Å². The van der Waals surface area contributed by atoms with Gasteiger partial charge in [-0.1, -0.05) is 27.7 Å². The Morgan fingerprint density at radius 1 is 0.925 bits per heavy atom. The highest BCUT2D eigenvalue weighted by molar-refractivity contribution is 6.01. The van der Waals surface area contributed by atoms with Crippen molar-refractivity contribution >= 4 is 35.1 Å². The molecule has 2 fully saturated rings. The van der Waals surface area contributed by atoms with E-state index in [0.29, 0.717) is 31.4 Å². The highest BCUT2D eigenvalue weighted by Crippen LogP contribution is 2.32. The molecule has 40 heavy (non-hydrogen) atoms. The lowest BCUT2D eigenvalue weighted by atomic mass is 10.00. The molecule has 0 spiro atoms. The lowest BCUT2D eigenvalue weighted by Crippen LogP contribution is -2.53. The molecule has 4 amide bonds. The van der Waals surface area contributed by atoms with Crippen molar-refractivity contribution in [2.45, 2.75) is 78.0 Å². The summed E-state index contributed by atoms with van der Waals surface area (Å²) < 4.78 is 0. The van der Waals surface area contributed by atoms with E-state index in [4.69, 9.17) is 0 Å². The number of carbonyl (C=O) groups excluding carboxylic acids is 5. The molecule has 2 heterocycles. The number of nitrogens with zero attached hydrogens (tertiary/aromatic N) is 4. The van der Waals surface area contributed by atoms with Crippen molar-refractivity contribution in [1.29, 1.82) is 0 Å². The number of ketones is 1. The van der Waals surface area contributed by atoms with Crippen molar-refractivity contribution in [3.8, 4) is 0 Å². The molecule has 10 nitrogen and oxygen atoms in total. The van der Waals surface area contributed by atoms with Crippen molar-refractivity contribution < 1.29 is 24.0 Å². The number of fused-ring (bicyclic) bond motifs is 1. The number of hydrogen-bond acceptors (Lipinski definition) is 6. The van der Waals surface area contributed by atoms with Gasteiger partial charge in [0.2, 0.25) is 17.7 Å². The fourth-order valence-electron chi connectivity index (χ4n) is 5.69. The second-order valence-corrected chi connectivity index (χ2v) is 12.1. The minimum atomic E-state index is -0.796. The van der Waals surface area contributed by atoms with Crippen LogP contribution < -0.4 is 10.2 Å². The molecule has 2 aliphatic heterocycles. The normalized spacial score (nSPS) is 20.0. The van der Waals surface area contributed by atoms with Crippen molar-refractivity contribution in [3.63, 3.8) is 0 Å². The number of rotatable bonds is 10. The van der Waals surface area contributed by atoms with E-state index in [2.05, 4.69) is 5.32 Å². The van der Waals surface area contributed by atoms with Gasteiger partial charge in [0, 0.05) is 45.9 Å². The summed E-state index contributed by atoms with van der Waals surface area (Å²) in [5.74, 6) is -1.01. The number of nitrogens with one attached hydrogen (secondary N) is 1. The quantitative estimate of drug-likeness (QED) is 0.474. The molecule has 1 aromatic carbocycles. The third-order valence-electron chi connectivity index (χ3n) is 7.89. The fraction of sp³-hybridized carbons (Fsp3) is 0.633. The van der Waals surface area contributed by atoms with Gasteiger partial charge in [-0.15, -0.1) is 0 Å². The zero-order valence-electron chi connectivity index (χ0n) is 25.1. The van der Waals surface area contributed by atoms with E-state index in [1.54, 1.807) is 29.0 Å². The Balaban J connectivity index is 1.79. The molecule has 2 saturated heterocycles. The number of amides is 4. The van der Waals surface area contributed by atoms with E-state index in [-0.39, 0.29) is 47.8 Å². The zero-order valence-corrected chi connectivity index (χ0v) is 25.1. The Bertz CT molecular complexity index is 1120. The maximum absolute atomic E-state index is 13.8. The van der Waals surface area contributed by atoms with Crippen molar-refractivity contribution in [3.05, 3.63) is 29.8 Å². The third kappa shape index (κ3) is 6.82. The number of likely N-dealkylation sites (N-methyl/N-ethyl adjacent to an activating group) is 1. The topological polar surface area (TPSA) is 110 Å². The minimum absolute atomic E-state index is 0.0856. The lowest BCUT2D eigenvalue weighted by molar-refractivity contribution is -0.145. The number of anilines is 1. The molecule has 4 atom stereocenters. The van der Waals surface area contributed by atoms with Crippen LogP contribution in [0, 0.1) is 11.8 Å². The molecule has 0 bridgehead atoms. The third-order valence-corrected chi connectivity index (χ3v) is 7.89. The average Bonchev–Trinajstić information content (AvgIpc) is 3.46. The maximum atomic E-state index is 13.8. The molecule has 3 rings (SSSR count). The lowest BCUT2D eigenvalue weighted by Gasteiger charge is -2.33. The standard InChI is InChI=1S/C30H45N5O5/c1-18(2)15-23(31-28(38)21-9-11-22(12-10-21)32(6)7)29(39)34-14-13-24-27(34)26(37)17-35(24)30(40)25(16-19(3)4)33(8)20(5)36/h9-12,18-19,23-25,27H,13-17H2,1-8H3,(H,31,38)/t23-,24?,25-,27?/m0/s1. The van der Waals surface area contributed by atoms with E-state index >= 15 is 0 Å². The van der Waals surface area contributed by atoms with Gasteiger partial charge in [0.15, 0.2) is 5.78 Å². The Kier molecular flexibility index (Phi) is 9.97. The summed E-state index contributed by atoms with van der Waals surface area (Å²) >= 11 is 0. The van der Waals surface area contributed by atoms with Gasteiger partial charge in [0.05, 0.1) is 12.6 Å². The van der Waals surface area contributed by atoms with Crippen LogP contribution in [0.4, 0.5) is 5.69 Å². The first kappa shape index (κ1) is 31.1. The Morgan fingerprint density at radius 2 is 1.52 bits per heavy atom. The molecular formula is C30H45N5O5. The van der Waals surface area contributed by atoms with Crippen LogP contribution in [-0.4, -0.2) is 103 Å². The summed E-state index contributed by atoms with van der Waals surface area (Å²) in [7, 11) is 5.45. The molecule has 10 heteroatoms. The molecule has 0 aliphatic carbocycles. The second kappa shape index (κ2) is 12.8. The summed E-state index contributed by atoms with van der Waals surface area (Å²) in [6, 6.07) is 4.50. The fourth-order valence-corrected chi connectivity index (χ4v) is 5.69. The van der Waals surface area contributed by atoms with E-state index < -0.39 is 24.2 Å². The second-order valence-electron chi connectivity index (χ2n) is 12.1. The average molecular weight is 556 g/mol. The van der Waals surface area contributed by atoms with Gasteiger partial charge in [-0.25, -0.2) is 0 Å². The van der Waals surface area contributed by atoms with E-state index in [0.717, 1.165) is 5.69 Å². The van der Waals surface area contributed by atoms with Gasteiger partial charge in [-0.05, 0) is 55.4 Å². The molecular weight excluding hydrogens is 510 g/mol. The van der Waals surface area contributed by atoms with Crippen LogP contribution in [0.3, 0.4) is 0 Å². The number of hydrogen-bond donors (Lipinski definition) is 1. The van der Waals surface area contributed by atoms with Crippen LogP contribution in [0.15, 0.2) is 24.3 Å². The van der Waals surface area contributed by atoms with Gasteiger partial charge in [0.25, 0.3) is 5.91 Å². The van der Waals surface area contributed by atoms with Gasteiger partial charge < -0.3 is 24.9 Å². The number of benzene rings is 1. The van der Waals surface area contributed by atoms with Crippen LogP contribution in [0.5, 0.6) is 0 Å². The summed E-state index contributed by atoms with van der Waals surface area (Å²) in [6.45, 7) is 9.60. The molecule has 0 saturated carbocycles. The van der Waals surface area contributed by atoms with E-state index in [1.165, 1.54) is 11.8 Å². The number of Topliss-reactive ketones (excluding diaryl/α,β-unsaturated/α-hetero) is 1. The first-order chi connectivity index (χ1) is 18.7. The van der Waals surface area contributed by atoms with Gasteiger partial charge in [-0.2, -0.15) is 0 Å². The molecule has 2 aliphatic rings. The summed E-state index contributed by atoms with van der Waals surface area (Å²) in [4.78, 5) is 72.5. The summed E-state index contributed by atoms with van der Waals surface area (Å²) in [5, 5.41) is 2.91. The highest BCUT2D eigenvalue weighted by atomic mass is 16.2. The molecule has 0 radical (unpaired) electrons. The Morgan fingerprint density at radius 3 is 2.05 bits per heavy atom. The molecule has 0 aromatic heterocycles. The smallest absolute Gasteiger partial charge is 0.251 e. The highest BCUT2D eigenvalue weighted by Gasteiger charge is 2.53. The molecule has 1 aromatic rings. The van der Waals surface area contributed by atoms with E-state index in [9.17, 15) is 24.0 Å². The van der Waals surface area contributed by atoms with Crippen LogP contribution >= 0.6 is 0 Å². The SMILES string of the molecule is CC(=O)N(C)[C@@H](CC(C)C)C(=O)N1CC(=O)C2C1CCN2C(=O)[C@H](CC(C)C)NC(=O)c1ccc(N(C)C)cc1.